The monoisotopic (exact) mass is 641 g/mol. The number of carbonyl (C=O) groups excluding carboxylic acids is 3. The minimum atomic E-state index is -0.862. The van der Waals surface area contributed by atoms with Gasteiger partial charge in [0.15, 0.2) is 0 Å². The fraction of sp³-hybridized carbons (Fsp3) is 0.143. The van der Waals surface area contributed by atoms with Gasteiger partial charge in [0.25, 0.3) is 0 Å². The second-order valence-corrected chi connectivity index (χ2v) is 12.3. The molecule has 40 heavy (non-hydrogen) atoms. The molecule has 3 atom stereocenters. The number of halogens is 3. The Labute approximate surface area is 242 Å². The van der Waals surface area contributed by atoms with Gasteiger partial charge in [-0.25, -0.2) is 13.7 Å². The Bertz CT molecular complexity index is 1710. The number of carbonyl (C=O) groups is 3. The summed E-state index contributed by atoms with van der Waals surface area (Å²) >= 11 is 5.35. The van der Waals surface area contributed by atoms with Crippen molar-refractivity contribution in [2.45, 2.75) is 22.7 Å². The number of thioether (sulfide) groups is 1. The van der Waals surface area contributed by atoms with Gasteiger partial charge in [-0.1, -0.05) is 51.2 Å². The molecule has 2 aliphatic rings. The van der Waals surface area contributed by atoms with Crippen LogP contribution in [0.25, 0.3) is 0 Å². The molecule has 0 spiro atoms. The summed E-state index contributed by atoms with van der Waals surface area (Å²) in [6.07, 6.45) is 0. The summed E-state index contributed by atoms with van der Waals surface area (Å²) in [5.41, 5.74) is 1.37. The van der Waals surface area contributed by atoms with Crippen LogP contribution >= 0.6 is 39.0 Å². The second-order valence-electron chi connectivity index (χ2n) is 9.26. The zero-order valence-corrected chi connectivity index (χ0v) is 23.6. The van der Waals surface area contributed by atoms with Gasteiger partial charge in [-0.2, -0.15) is 0 Å². The highest BCUT2D eigenvalue weighted by Gasteiger charge is 2.56. The molecule has 3 heterocycles. The van der Waals surface area contributed by atoms with Gasteiger partial charge in [0.1, 0.15) is 23.4 Å². The lowest BCUT2D eigenvalue weighted by molar-refractivity contribution is -0.122. The summed E-state index contributed by atoms with van der Waals surface area (Å²) in [4.78, 5) is 54.8. The molecule has 1 aromatic heterocycles. The van der Waals surface area contributed by atoms with Crippen molar-refractivity contribution in [2.75, 3.05) is 10.2 Å². The number of imide groups is 1. The van der Waals surface area contributed by atoms with E-state index in [0.29, 0.717) is 26.8 Å². The molecule has 12 heteroatoms. The van der Waals surface area contributed by atoms with Crippen LogP contribution in [-0.2, 0) is 20.9 Å². The summed E-state index contributed by atoms with van der Waals surface area (Å²) < 4.78 is 29.2. The smallest absolute Gasteiger partial charge is 0.308 e. The number of nitrogens with one attached hydrogen (secondary N) is 1. The maximum Gasteiger partial charge on any atom is 0.308 e. The molecular formula is C28H18BrF2N3O4S2. The topological polar surface area (TPSA) is 88.5 Å². The number of thiazole rings is 1. The predicted octanol–water partition coefficient (Wildman–Crippen LogP) is 5.39. The fourth-order valence-corrected chi connectivity index (χ4v) is 8.04. The Kier molecular flexibility index (Phi) is 6.93. The highest BCUT2D eigenvalue weighted by Crippen LogP contribution is 2.53. The highest BCUT2D eigenvalue weighted by atomic mass is 79.9. The van der Waals surface area contributed by atoms with Crippen LogP contribution in [0.5, 0.6) is 0 Å². The lowest BCUT2D eigenvalue weighted by Gasteiger charge is -2.30. The van der Waals surface area contributed by atoms with Crippen molar-refractivity contribution in [1.82, 2.24) is 4.57 Å². The van der Waals surface area contributed by atoms with Gasteiger partial charge in [-0.15, -0.1) is 0 Å². The minimum Gasteiger partial charge on any atom is -0.325 e. The molecule has 6 rings (SSSR count). The van der Waals surface area contributed by atoms with Crippen molar-refractivity contribution in [3.05, 3.63) is 109 Å². The van der Waals surface area contributed by atoms with Crippen molar-refractivity contribution in [3.63, 3.8) is 0 Å². The van der Waals surface area contributed by atoms with E-state index in [4.69, 9.17) is 0 Å². The SMILES string of the molecule is O=C(Cn1c2c(sc1=O)[C@H](c1ccc(F)cc1)C1C(=O)N(c3ccc(Br)cc3)C(=O)C1S2)Nc1ccc(F)cc1. The normalized spacial score (nSPS) is 19.9. The summed E-state index contributed by atoms with van der Waals surface area (Å²) in [5, 5.41) is 2.19. The van der Waals surface area contributed by atoms with E-state index in [0.717, 1.165) is 32.5 Å². The zero-order chi connectivity index (χ0) is 28.1. The molecular weight excluding hydrogens is 624 g/mol. The van der Waals surface area contributed by atoms with Gasteiger partial charge >= 0.3 is 4.87 Å². The first-order valence-corrected chi connectivity index (χ1v) is 14.5. The minimum absolute atomic E-state index is 0.346. The fourth-order valence-electron chi connectivity index (χ4n) is 5.01. The van der Waals surface area contributed by atoms with E-state index in [1.54, 1.807) is 36.4 Å². The summed E-state index contributed by atoms with van der Waals surface area (Å²) in [7, 11) is 0. The Morgan fingerprint density at radius 1 is 0.875 bits per heavy atom. The third-order valence-corrected chi connectivity index (χ3v) is 9.93. The first kappa shape index (κ1) is 26.6. The molecule has 4 aromatic rings. The van der Waals surface area contributed by atoms with Crippen molar-refractivity contribution in [1.29, 1.82) is 0 Å². The van der Waals surface area contributed by atoms with E-state index in [-0.39, 0.29) is 6.54 Å². The molecule has 1 saturated heterocycles. The van der Waals surface area contributed by atoms with E-state index in [2.05, 4.69) is 21.2 Å². The van der Waals surface area contributed by atoms with E-state index in [1.807, 2.05) is 0 Å². The van der Waals surface area contributed by atoms with E-state index >= 15 is 0 Å². The highest BCUT2D eigenvalue weighted by molar-refractivity contribution is 9.10. The van der Waals surface area contributed by atoms with Crippen molar-refractivity contribution >= 4 is 68.1 Å². The quantitative estimate of drug-likeness (QED) is 0.296. The summed E-state index contributed by atoms with van der Waals surface area (Å²) in [5.74, 6) is -3.80. The third-order valence-electron chi connectivity index (χ3n) is 6.79. The Morgan fingerprint density at radius 3 is 2.15 bits per heavy atom. The average Bonchev–Trinajstić information content (AvgIpc) is 3.37. The lowest BCUT2D eigenvalue weighted by Crippen LogP contribution is -2.33. The lowest BCUT2D eigenvalue weighted by atomic mass is 9.83. The standard InChI is InChI=1S/C28H18BrF2N3O4S2/c29-15-3-11-19(12-4-15)34-25(36)22-21(14-1-5-16(30)6-2-14)24-27(39-23(22)26(34)37)33(28(38)40-24)13-20(35)32-18-9-7-17(31)8-10-18/h1-12,21-23H,13H2,(H,32,35)/t21-,22?,23?/m1/s1. The molecule has 202 valence electrons. The third kappa shape index (κ3) is 4.69. The maximum atomic E-state index is 13.8. The molecule has 3 amide bonds. The van der Waals surface area contributed by atoms with Crippen LogP contribution in [0.1, 0.15) is 16.4 Å². The summed E-state index contributed by atoms with van der Waals surface area (Å²) in [6.45, 7) is -0.346. The number of hydrogen-bond acceptors (Lipinski definition) is 6. The molecule has 2 unspecified atom stereocenters. The number of aromatic nitrogens is 1. The van der Waals surface area contributed by atoms with Crippen LogP contribution in [0.2, 0.25) is 0 Å². The molecule has 1 fully saturated rings. The number of fused-ring (bicyclic) bond motifs is 2. The molecule has 3 aromatic carbocycles. The Balaban J connectivity index is 1.40. The van der Waals surface area contributed by atoms with E-state index < -0.39 is 51.3 Å². The van der Waals surface area contributed by atoms with Crippen molar-refractivity contribution in [2.24, 2.45) is 5.92 Å². The maximum absolute atomic E-state index is 13.8. The predicted molar refractivity (Wildman–Crippen MR) is 152 cm³/mol. The van der Waals surface area contributed by atoms with Gasteiger partial charge in [0.05, 0.1) is 16.6 Å². The van der Waals surface area contributed by atoms with Crippen LogP contribution < -0.4 is 15.1 Å². The van der Waals surface area contributed by atoms with Gasteiger partial charge < -0.3 is 5.32 Å². The number of nitrogens with zero attached hydrogens (tertiary/aromatic N) is 2. The number of benzene rings is 3. The van der Waals surface area contributed by atoms with Gasteiger partial charge in [0.2, 0.25) is 17.7 Å². The van der Waals surface area contributed by atoms with Crippen molar-refractivity contribution in [3.8, 4) is 0 Å². The molecule has 0 aliphatic carbocycles. The second kappa shape index (κ2) is 10.4. The molecule has 0 saturated carbocycles. The van der Waals surface area contributed by atoms with Crippen LogP contribution in [0.15, 0.2) is 87.1 Å². The molecule has 2 aliphatic heterocycles. The molecule has 0 bridgehead atoms. The Morgan fingerprint density at radius 2 is 1.50 bits per heavy atom. The number of anilines is 2. The van der Waals surface area contributed by atoms with E-state index in [9.17, 15) is 28.0 Å². The molecule has 1 N–H and O–H groups in total. The van der Waals surface area contributed by atoms with Crippen LogP contribution in [0, 0.1) is 17.6 Å². The number of amides is 3. The van der Waals surface area contributed by atoms with Gasteiger partial charge in [-0.3, -0.25) is 23.7 Å². The molecule has 0 radical (unpaired) electrons. The zero-order valence-electron chi connectivity index (χ0n) is 20.3. The van der Waals surface area contributed by atoms with Crippen LogP contribution in [0.3, 0.4) is 0 Å². The van der Waals surface area contributed by atoms with Crippen LogP contribution in [0.4, 0.5) is 20.2 Å². The molecule has 7 nitrogen and oxygen atoms in total. The van der Waals surface area contributed by atoms with Crippen molar-refractivity contribution < 1.29 is 23.2 Å². The van der Waals surface area contributed by atoms with Crippen LogP contribution in [-0.4, -0.2) is 27.5 Å². The number of hydrogen-bond donors (Lipinski definition) is 1. The Hall–Kier alpha value is -3.61. The first-order valence-electron chi connectivity index (χ1n) is 12.1. The largest absolute Gasteiger partial charge is 0.325 e. The average molecular weight is 643 g/mol. The summed E-state index contributed by atoms with van der Waals surface area (Å²) in [6, 6.07) is 17.7. The number of rotatable bonds is 5. The van der Waals surface area contributed by atoms with Gasteiger partial charge in [0, 0.05) is 21.0 Å². The van der Waals surface area contributed by atoms with Gasteiger partial charge in [-0.05, 0) is 66.2 Å². The first-order chi connectivity index (χ1) is 19.2. The van der Waals surface area contributed by atoms with E-state index in [1.165, 1.54) is 41.0 Å².